The molecule has 0 aliphatic heterocycles. The first-order valence-electron chi connectivity index (χ1n) is 6.26. The van der Waals surface area contributed by atoms with Gasteiger partial charge in [-0.2, -0.15) is 0 Å². The number of hydrogen-bond donors (Lipinski definition) is 1. The van der Waals surface area contributed by atoms with Gasteiger partial charge in [0.1, 0.15) is 21.4 Å². The van der Waals surface area contributed by atoms with Gasteiger partial charge in [-0.15, -0.1) is 0 Å². The topological polar surface area (TPSA) is 68.3 Å². The molecule has 0 radical (unpaired) electrons. The van der Waals surface area contributed by atoms with Gasteiger partial charge in [-0.25, -0.2) is 13.4 Å². The predicted molar refractivity (Wildman–Crippen MR) is 81.1 cm³/mol. The minimum atomic E-state index is -3.02. The molecule has 0 amide bonds. The highest BCUT2D eigenvalue weighted by atomic mass is 32.2. The molecule has 0 fully saturated rings. The average molecular weight is 294 g/mol. The number of ether oxygens (including phenoxy) is 1. The maximum Gasteiger partial charge on any atom is 0.149 e. The smallest absolute Gasteiger partial charge is 0.149 e. The van der Waals surface area contributed by atoms with E-state index in [9.17, 15) is 8.42 Å². The Bertz CT molecular complexity index is 713. The Morgan fingerprint density at radius 2 is 2.10 bits per heavy atom. The van der Waals surface area contributed by atoms with Crippen LogP contribution in [-0.2, 0) is 9.84 Å². The second kappa shape index (κ2) is 5.66. The van der Waals surface area contributed by atoms with Gasteiger partial charge in [-0.3, -0.25) is 0 Å². The van der Waals surface area contributed by atoms with E-state index in [1.165, 1.54) is 6.26 Å². The molecular formula is C14H18N2O3S. The van der Waals surface area contributed by atoms with Crippen LogP contribution in [0.1, 0.15) is 6.92 Å². The highest BCUT2D eigenvalue weighted by Crippen LogP contribution is 2.25. The number of aromatic nitrogens is 1. The Labute approximate surface area is 118 Å². The summed E-state index contributed by atoms with van der Waals surface area (Å²) in [7, 11) is -1.40. The second-order valence-corrected chi connectivity index (χ2v) is 7.07. The zero-order chi connectivity index (χ0) is 14.8. The molecule has 1 N–H and O–H groups in total. The van der Waals surface area contributed by atoms with Crippen LogP contribution in [-0.4, -0.2) is 38.6 Å². The van der Waals surface area contributed by atoms with E-state index in [0.29, 0.717) is 5.82 Å². The third-order valence-corrected chi connectivity index (χ3v) is 4.01. The third kappa shape index (κ3) is 3.60. The zero-order valence-corrected chi connectivity index (χ0v) is 12.6. The van der Waals surface area contributed by atoms with Crippen molar-refractivity contribution in [2.45, 2.75) is 13.0 Å². The fourth-order valence-corrected chi connectivity index (χ4v) is 3.12. The molecule has 108 valence electrons. The Morgan fingerprint density at radius 1 is 1.35 bits per heavy atom. The molecule has 1 heterocycles. The number of nitrogens with zero attached hydrogens (tertiary/aromatic N) is 1. The van der Waals surface area contributed by atoms with Crippen LogP contribution in [0.4, 0.5) is 5.82 Å². The summed E-state index contributed by atoms with van der Waals surface area (Å²) in [4.78, 5) is 4.29. The molecule has 6 heteroatoms. The molecule has 2 rings (SSSR count). The minimum absolute atomic E-state index is 0.0707. The van der Waals surface area contributed by atoms with Crippen molar-refractivity contribution in [1.82, 2.24) is 4.98 Å². The van der Waals surface area contributed by atoms with Crippen LogP contribution < -0.4 is 10.1 Å². The van der Waals surface area contributed by atoms with Crippen molar-refractivity contribution in [2.24, 2.45) is 0 Å². The van der Waals surface area contributed by atoms with Gasteiger partial charge in [0, 0.05) is 23.9 Å². The largest absolute Gasteiger partial charge is 0.497 e. The van der Waals surface area contributed by atoms with Crippen LogP contribution >= 0.6 is 0 Å². The van der Waals surface area contributed by atoms with E-state index in [4.69, 9.17) is 4.74 Å². The zero-order valence-electron chi connectivity index (χ0n) is 11.8. The number of methoxy groups -OCH3 is 1. The van der Waals surface area contributed by atoms with Crippen molar-refractivity contribution in [2.75, 3.05) is 24.4 Å². The number of fused-ring (bicyclic) bond motifs is 1. The lowest BCUT2D eigenvalue weighted by molar-refractivity contribution is 0.415. The molecule has 2 aromatic rings. The van der Waals surface area contributed by atoms with E-state index in [1.807, 2.05) is 31.2 Å². The summed E-state index contributed by atoms with van der Waals surface area (Å²) in [5.41, 5.74) is 0. The van der Waals surface area contributed by atoms with Gasteiger partial charge in [-0.1, -0.05) is 0 Å². The number of hydrogen-bond acceptors (Lipinski definition) is 5. The fourth-order valence-electron chi connectivity index (χ4n) is 2.13. The molecule has 0 bridgehead atoms. The molecule has 20 heavy (non-hydrogen) atoms. The summed E-state index contributed by atoms with van der Waals surface area (Å²) in [6, 6.07) is 7.38. The van der Waals surface area contributed by atoms with Gasteiger partial charge in [0.2, 0.25) is 0 Å². The SMILES string of the molecule is COc1ccc2c(NC(C)CS(C)(=O)=O)nccc2c1. The van der Waals surface area contributed by atoms with E-state index < -0.39 is 9.84 Å². The van der Waals surface area contributed by atoms with Gasteiger partial charge in [0.15, 0.2) is 0 Å². The monoisotopic (exact) mass is 294 g/mol. The number of benzene rings is 1. The second-order valence-electron chi connectivity index (χ2n) is 4.88. The van der Waals surface area contributed by atoms with Gasteiger partial charge in [0.25, 0.3) is 0 Å². The predicted octanol–water partition coefficient (Wildman–Crippen LogP) is 2.09. The van der Waals surface area contributed by atoms with Crippen LogP contribution in [0.25, 0.3) is 10.8 Å². The first-order valence-corrected chi connectivity index (χ1v) is 8.32. The van der Waals surface area contributed by atoms with Gasteiger partial charge in [0.05, 0.1) is 12.9 Å². The van der Waals surface area contributed by atoms with E-state index in [-0.39, 0.29) is 11.8 Å². The average Bonchev–Trinajstić information content (AvgIpc) is 2.36. The molecule has 1 aromatic heterocycles. The van der Waals surface area contributed by atoms with Gasteiger partial charge in [-0.05, 0) is 36.6 Å². The van der Waals surface area contributed by atoms with Crippen LogP contribution in [0, 0.1) is 0 Å². The Kier molecular flexibility index (Phi) is 4.13. The van der Waals surface area contributed by atoms with Crippen molar-refractivity contribution in [3.63, 3.8) is 0 Å². The summed E-state index contributed by atoms with van der Waals surface area (Å²) in [5, 5.41) is 5.08. The maximum absolute atomic E-state index is 11.3. The highest BCUT2D eigenvalue weighted by molar-refractivity contribution is 7.90. The molecule has 0 aliphatic carbocycles. The molecule has 0 saturated heterocycles. The van der Waals surface area contributed by atoms with Crippen molar-refractivity contribution in [3.05, 3.63) is 30.5 Å². The molecule has 0 saturated carbocycles. The number of nitrogens with one attached hydrogen (secondary N) is 1. The summed E-state index contributed by atoms with van der Waals surface area (Å²) in [6.07, 6.45) is 2.92. The van der Waals surface area contributed by atoms with Crippen molar-refractivity contribution >= 4 is 26.4 Å². The highest BCUT2D eigenvalue weighted by Gasteiger charge is 2.12. The Hall–Kier alpha value is -1.82. The van der Waals surface area contributed by atoms with Crippen LogP contribution in [0.15, 0.2) is 30.5 Å². The van der Waals surface area contributed by atoms with E-state index >= 15 is 0 Å². The van der Waals surface area contributed by atoms with Gasteiger partial charge < -0.3 is 10.1 Å². The lowest BCUT2D eigenvalue weighted by atomic mass is 10.1. The van der Waals surface area contributed by atoms with Crippen molar-refractivity contribution < 1.29 is 13.2 Å². The summed E-state index contributed by atoms with van der Waals surface area (Å²) in [6.45, 7) is 1.82. The molecule has 1 aromatic carbocycles. The van der Waals surface area contributed by atoms with Gasteiger partial charge >= 0.3 is 0 Å². The van der Waals surface area contributed by atoms with Crippen LogP contribution in [0.2, 0.25) is 0 Å². The summed E-state index contributed by atoms with van der Waals surface area (Å²) >= 11 is 0. The standard InChI is InChI=1S/C14H18N2O3S/c1-10(9-20(3,17)18)16-14-13-5-4-12(19-2)8-11(13)6-7-15-14/h4-8,10H,9H2,1-3H3,(H,15,16). The number of rotatable bonds is 5. The molecule has 0 spiro atoms. The van der Waals surface area contributed by atoms with E-state index in [1.54, 1.807) is 13.3 Å². The Morgan fingerprint density at radius 3 is 2.75 bits per heavy atom. The normalized spacial score (nSPS) is 13.2. The first-order chi connectivity index (χ1) is 9.39. The first kappa shape index (κ1) is 14.6. The summed E-state index contributed by atoms with van der Waals surface area (Å²) < 4.78 is 27.8. The van der Waals surface area contributed by atoms with E-state index in [2.05, 4.69) is 10.3 Å². The number of anilines is 1. The quantitative estimate of drug-likeness (QED) is 0.914. The molecule has 0 aliphatic rings. The summed E-state index contributed by atoms with van der Waals surface area (Å²) in [5.74, 6) is 1.53. The van der Waals surface area contributed by atoms with Crippen LogP contribution in [0.3, 0.4) is 0 Å². The maximum atomic E-state index is 11.3. The molecular weight excluding hydrogens is 276 g/mol. The molecule has 5 nitrogen and oxygen atoms in total. The molecule has 1 atom stereocenters. The fraction of sp³-hybridized carbons (Fsp3) is 0.357. The van der Waals surface area contributed by atoms with E-state index in [0.717, 1.165) is 16.5 Å². The number of pyridine rings is 1. The molecule has 1 unspecified atom stereocenters. The minimum Gasteiger partial charge on any atom is -0.497 e. The van der Waals surface area contributed by atoms with Crippen LogP contribution in [0.5, 0.6) is 5.75 Å². The number of sulfone groups is 1. The lowest BCUT2D eigenvalue weighted by Gasteiger charge is -2.15. The Balaban J connectivity index is 2.30. The van der Waals surface area contributed by atoms with Crippen molar-refractivity contribution in [1.29, 1.82) is 0 Å². The lowest BCUT2D eigenvalue weighted by Crippen LogP contribution is -2.25. The van der Waals surface area contributed by atoms with Crippen molar-refractivity contribution in [3.8, 4) is 5.75 Å². The third-order valence-electron chi connectivity index (χ3n) is 2.91.